The highest BCUT2D eigenvalue weighted by Crippen LogP contribution is 1.76. The van der Waals surface area contributed by atoms with Crippen LogP contribution in [0.1, 0.15) is 6.42 Å². The minimum atomic E-state index is -1.02. The van der Waals surface area contributed by atoms with E-state index < -0.39 is 6.09 Å². The number of carbonyl (C=O) groups is 1. The fourth-order valence-electron chi connectivity index (χ4n) is 0.381. The van der Waals surface area contributed by atoms with Gasteiger partial charge >= 0.3 is 6.09 Å². The van der Waals surface area contributed by atoms with E-state index in [0.717, 1.165) is 0 Å². The lowest BCUT2D eigenvalue weighted by Crippen LogP contribution is -2.20. The minimum Gasteiger partial charge on any atom is -0.465 e. The second-order valence-electron chi connectivity index (χ2n) is 1.57. The van der Waals surface area contributed by atoms with Crippen LogP contribution >= 0.6 is 0 Å². The van der Waals surface area contributed by atoms with E-state index in [1.807, 2.05) is 0 Å². The largest absolute Gasteiger partial charge is 0.465 e. The molecule has 10 heavy (non-hydrogen) atoms. The summed E-state index contributed by atoms with van der Waals surface area (Å²) < 4.78 is 0. The molecule has 1 amide bonds. The maximum Gasteiger partial charge on any atom is 0.404 e. The predicted octanol–water partition coefficient (Wildman–Crippen LogP) is 0.833. The molecule has 0 heterocycles. The summed E-state index contributed by atoms with van der Waals surface area (Å²) in [4.78, 5) is 9.85. The summed E-state index contributed by atoms with van der Waals surface area (Å²) in [6.45, 7) is 0.316. The Kier molecular flexibility index (Phi) is 4.89. The van der Waals surface area contributed by atoms with Gasteiger partial charge in [-0.3, -0.25) is 0 Å². The summed E-state index contributed by atoms with van der Waals surface area (Å²) in [6.07, 6.45) is 7.86. The Bertz CT molecular complexity index is 167. The van der Waals surface area contributed by atoms with Crippen molar-refractivity contribution in [2.24, 2.45) is 0 Å². The van der Waals surface area contributed by atoms with Gasteiger partial charge in [0, 0.05) is 13.0 Å². The van der Waals surface area contributed by atoms with Crippen LogP contribution in [0, 0.1) is 12.3 Å². The van der Waals surface area contributed by atoms with Crippen LogP contribution in [0.4, 0.5) is 4.79 Å². The summed E-state index contributed by atoms with van der Waals surface area (Å²) >= 11 is 0. The molecule has 0 unspecified atom stereocenters. The maximum atomic E-state index is 9.85. The van der Waals surface area contributed by atoms with E-state index in [4.69, 9.17) is 11.5 Å². The zero-order valence-corrected chi connectivity index (χ0v) is 5.50. The molecule has 54 valence electrons. The number of allylic oxidation sites excluding steroid dienone is 1. The van der Waals surface area contributed by atoms with Crippen molar-refractivity contribution in [2.75, 3.05) is 6.54 Å². The Labute approximate surface area is 59.7 Å². The van der Waals surface area contributed by atoms with Crippen molar-refractivity contribution in [1.82, 2.24) is 5.32 Å². The average molecular weight is 139 g/mol. The molecule has 0 aliphatic carbocycles. The summed E-state index contributed by atoms with van der Waals surface area (Å²) in [5.74, 6) is 2.39. The summed E-state index contributed by atoms with van der Waals surface area (Å²) in [6, 6.07) is 0. The topological polar surface area (TPSA) is 49.3 Å². The molecule has 0 aliphatic heterocycles. The van der Waals surface area contributed by atoms with Crippen LogP contribution in [0.15, 0.2) is 12.2 Å². The minimum absolute atomic E-state index is 0.316. The van der Waals surface area contributed by atoms with Crippen molar-refractivity contribution >= 4 is 6.09 Å². The average Bonchev–Trinajstić information content (AvgIpc) is 1.87. The number of terminal acetylenes is 1. The Morgan fingerprint density at radius 1 is 1.70 bits per heavy atom. The maximum absolute atomic E-state index is 9.85. The summed E-state index contributed by atoms with van der Waals surface area (Å²) in [7, 11) is 0. The molecule has 0 saturated heterocycles. The molecule has 0 bridgehead atoms. The molecule has 3 heteroatoms. The van der Waals surface area contributed by atoms with Gasteiger partial charge in [-0.25, -0.2) is 4.79 Å². The third-order valence-corrected chi connectivity index (χ3v) is 0.774. The van der Waals surface area contributed by atoms with Crippen LogP contribution < -0.4 is 5.32 Å². The third-order valence-electron chi connectivity index (χ3n) is 0.774. The van der Waals surface area contributed by atoms with Gasteiger partial charge in [0.15, 0.2) is 0 Å². The van der Waals surface area contributed by atoms with E-state index >= 15 is 0 Å². The van der Waals surface area contributed by atoms with Gasteiger partial charge in [-0.05, 0) is 0 Å². The molecule has 0 aromatic rings. The van der Waals surface area contributed by atoms with E-state index in [-0.39, 0.29) is 0 Å². The normalized spacial score (nSPS) is 9.10. The molecular formula is C7H9NO2. The second-order valence-corrected chi connectivity index (χ2v) is 1.57. The molecular weight excluding hydrogens is 130 g/mol. The summed E-state index contributed by atoms with van der Waals surface area (Å²) in [5.41, 5.74) is 0. The first kappa shape index (κ1) is 8.57. The van der Waals surface area contributed by atoms with Gasteiger partial charge < -0.3 is 10.4 Å². The number of hydrogen-bond donors (Lipinski definition) is 2. The van der Waals surface area contributed by atoms with E-state index in [9.17, 15) is 4.79 Å². The zero-order chi connectivity index (χ0) is 7.82. The first-order valence-electron chi connectivity index (χ1n) is 2.82. The lowest BCUT2D eigenvalue weighted by atomic mass is 10.4. The van der Waals surface area contributed by atoms with Crippen molar-refractivity contribution in [3.05, 3.63) is 12.2 Å². The molecule has 0 aromatic heterocycles. The molecule has 2 N–H and O–H groups in total. The molecule has 0 atom stereocenters. The van der Waals surface area contributed by atoms with Crippen LogP contribution in [0.25, 0.3) is 0 Å². The predicted molar refractivity (Wildman–Crippen MR) is 38.6 cm³/mol. The number of rotatable bonds is 3. The van der Waals surface area contributed by atoms with E-state index in [2.05, 4.69) is 11.2 Å². The van der Waals surface area contributed by atoms with Gasteiger partial charge in [0.25, 0.3) is 0 Å². The van der Waals surface area contributed by atoms with Crippen LogP contribution in [-0.2, 0) is 0 Å². The Hall–Kier alpha value is -1.43. The lowest BCUT2D eigenvalue weighted by molar-refractivity contribution is 0.195. The highest BCUT2D eigenvalue weighted by Gasteiger charge is 1.86. The molecule has 0 aliphatic rings. The number of amides is 1. The van der Waals surface area contributed by atoms with Gasteiger partial charge in [-0.15, -0.1) is 12.3 Å². The lowest BCUT2D eigenvalue weighted by Gasteiger charge is -1.90. The van der Waals surface area contributed by atoms with Crippen molar-refractivity contribution in [1.29, 1.82) is 0 Å². The molecule has 0 rings (SSSR count). The van der Waals surface area contributed by atoms with Gasteiger partial charge in [0.1, 0.15) is 0 Å². The monoisotopic (exact) mass is 139 g/mol. The molecule has 0 aromatic carbocycles. The van der Waals surface area contributed by atoms with Crippen molar-refractivity contribution < 1.29 is 9.90 Å². The SMILES string of the molecule is C#CCC=CCNC(=O)O. The number of nitrogens with one attached hydrogen (secondary N) is 1. The van der Waals surface area contributed by atoms with Crippen molar-refractivity contribution in [3.8, 4) is 12.3 Å². The van der Waals surface area contributed by atoms with Gasteiger partial charge in [-0.1, -0.05) is 12.2 Å². The molecule has 0 radical (unpaired) electrons. The van der Waals surface area contributed by atoms with E-state index in [0.29, 0.717) is 13.0 Å². The Balaban J connectivity index is 3.20. The molecule has 0 fully saturated rings. The van der Waals surface area contributed by atoms with Crippen LogP contribution in [0.5, 0.6) is 0 Å². The smallest absolute Gasteiger partial charge is 0.404 e. The fourth-order valence-corrected chi connectivity index (χ4v) is 0.381. The van der Waals surface area contributed by atoms with Crippen LogP contribution in [0.3, 0.4) is 0 Å². The Morgan fingerprint density at radius 2 is 2.40 bits per heavy atom. The second kappa shape index (κ2) is 5.70. The standard InChI is InChI=1S/C7H9NO2/c1-2-3-4-5-6-8-7(9)10/h1,4-5,8H,3,6H2,(H,9,10). The molecule has 3 nitrogen and oxygen atoms in total. The number of carboxylic acid groups (broad SMARTS) is 1. The highest BCUT2D eigenvalue weighted by atomic mass is 16.4. The van der Waals surface area contributed by atoms with Gasteiger partial charge in [0.2, 0.25) is 0 Å². The van der Waals surface area contributed by atoms with Crippen LogP contribution in [-0.4, -0.2) is 17.7 Å². The number of hydrogen-bond acceptors (Lipinski definition) is 1. The first-order chi connectivity index (χ1) is 4.77. The molecule has 0 spiro atoms. The van der Waals surface area contributed by atoms with E-state index in [1.54, 1.807) is 12.2 Å². The zero-order valence-electron chi connectivity index (χ0n) is 5.50. The van der Waals surface area contributed by atoms with Crippen LogP contribution in [0.2, 0.25) is 0 Å². The van der Waals surface area contributed by atoms with Crippen molar-refractivity contribution in [2.45, 2.75) is 6.42 Å². The first-order valence-corrected chi connectivity index (χ1v) is 2.82. The fraction of sp³-hybridized carbons (Fsp3) is 0.286. The molecule has 0 saturated carbocycles. The van der Waals surface area contributed by atoms with Gasteiger partial charge in [0.05, 0.1) is 0 Å². The van der Waals surface area contributed by atoms with Crippen molar-refractivity contribution in [3.63, 3.8) is 0 Å². The van der Waals surface area contributed by atoms with E-state index in [1.165, 1.54) is 0 Å². The van der Waals surface area contributed by atoms with Gasteiger partial charge in [-0.2, -0.15) is 0 Å². The summed E-state index contributed by atoms with van der Waals surface area (Å²) in [5, 5.41) is 10.3. The highest BCUT2D eigenvalue weighted by molar-refractivity contribution is 5.64. The third kappa shape index (κ3) is 6.57. The Morgan fingerprint density at radius 3 is 2.90 bits per heavy atom. The quantitative estimate of drug-likeness (QED) is 0.449.